The van der Waals surface area contributed by atoms with Gasteiger partial charge >= 0.3 is 0 Å². The number of amides is 2. The molecule has 1 aliphatic rings. The number of rotatable bonds is 6. The smallest absolute Gasteiger partial charge is 0.255 e. The van der Waals surface area contributed by atoms with E-state index in [1.165, 1.54) is 0 Å². The Morgan fingerprint density at radius 1 is 1.26 bits per heavy atom. The Balaban J connectivity index is 1.70. The highest BCUT2D eigenvalue weighted by Gasteiger charge is 2.23. The van der Waals surface area contributed by atoms with Gasteiger partial charge in [0, 0.05) is 6.04 Å². The molecule has 2 aromatic rings. The lowest BCUT2D eigenvalue weighted by atomic mass is 10.2. The predicted molar refractivity (Wildman–Crippen MR) is 86.4 cm³/mol. The molecule has 0 unspecified atom stereocenters. The molecule has 1 aliphatic carbocycles. The lowest BCUT2D eigenvalue weighted by Gasteiger charge is -2.08. The van der Waals surface area contributed by atoms with Crippen LogP contribution in [0.1, 0.15) is 35.8 Å². The quantitative estimate of drug-likeness (QED) is 0.847. The first-order valence-corrected chi connectivity index (χ1v) is 7.89. The summed E-state index contributed by atoms with van der Waals surface area (Å²) in [4.78, 5) is 24.0. The van der Waals surface area contributed by atoms with Crippen LogP contribution in [-0.4, -0.2) is 34.2 Å². The molecule has 0 radical (unpaired) electrons. The van der Waals surface area contributed by atoms with Crippen LogP contribution in [0.5, 0.6) is 0 Å². The van der Waals surface area contributed by atoms with E-state index in [0.29, 0.717) is 18.0 Å². The van der Waals surface area contributed by atoms with Gasteiger partial charge in [0.25, 0.3) is 5.91 Å². The Morgan fingerprint density at radius 2 is 2.00 bits per heavy atom. The van der Waals surface area contributed by atoms with Crippen molar-refractivity contribution in [1.82, 2.24) is 20.4 Å². The predicted octanol–water partition coefficient (Wildman–Crippen LogP) is 1.44. The minimum absolute atomic E-state index is 0.00496. The van der Waals surface area contributed by atoms with Gasteiger partial charge in [0.15, 0.2) is 0 Å². The van der Waals surface area contributed by atoms with Crippen LogP contribution in [0.4, 0.5) is 0 Å². The molecule has 3 rings (SSSR count). The van der Waals surface area contributed by atoms with Crippen LogP contribution in [0.3, 0.4) is 0 Å². The number of nitrogens with zero attached hydrogens (tertiary/aromatic N) is 2. The van der Waals surface area contributed by atoms with E-state index in [1.807, 2.05) is 37.3 Å². The first kappa shape index (κ1) is 15.3. The summed E-state index contributed by atoms with van der Waals surface area (Å²) in [5, 5.41) is 9.83. The molecular weight excluding hydrogens is 292 g/mol. The number of para-hydroxylation sites is 1. The molecule has 1 fully saturated rings. The maximum absolute atomic E-state index is 12.3. The molecule has 1 aromatic heterocycles. The number of carbonyl (C=O) groups excluding carboxylic acids is 2. The van der Waals surface area contributed by atoms with Crippen LogP contribution in [0.15, 0.2) is 36.5 Å². The van der Waals surface area contributed by atoms with Gasteiger partial charge in [-0.05, 0) is 31.4 Å². The maximum Gasteiger partial charge on any atom is 0.255 e. The molecular formula is C17H20N4O2. The van der Waals surface area contributed by atoms with Crippen molar-refractivity contribution in [2.45, 2.75) is 32.2 Å². The number of aromatic nitrogens is 2. The fourth-order valence-electron chi connectivity index (χ4n) is 2.46. The van der Waals surface area contributed by atoms with E-state index in [2.05, 4.69) is 15.7 Å². The summed E-state index contributed by atoms with van der Waals surface area (Å²) in [5.74, 6) is -0.413. The van der Waals surface area contributed by atoms with Crippen LogP contribution in [0, 0.1) is 0 Å². The highest BCUT2D eigenvalue weighted by atomic mass is 16.2. The second-order valence-electron chi connectivity index (χ2n) is 5.63. The third-order valence-corrected chi connectivity index (χ3v) is 3.80. The van der Waals surface area contributed by atoms with Crippen molar-refractivity contribution in [2.24, 2.45) is 0 Å². The van der Waals surface area contributed by atoms with E-state index >= 15 is 0 Å². The van der Waals surface area contributed by atoms with Crippen LogP contribution in [-0.2, 0) is 11.2 Å². The highest BCUT2D eigenvalue weighted by Crippen LogP contribution is 2.18. The van der Waals surface area contributed by atoms with Crippen molar-refractivity contribution >= 4 is 11.8 Å². The lowest BCUT2D eigenvalue weighted by Crippen LogP contribution is -2.38. The van der Waals surface area contributed by atoms with Crippen LogP contribution in [0.25, 0.3) is 5.69 Å². The molecule has 2 amide bonds. The molecule has 0 aliphatic heterocycles. The van der Waals surface area contributed by atoms with Crippen molar-refractivity contribution in [1.29, 1.82) is 0 Å². The SMILES string of the molecule is CCc1c(C(=O)NCC(=O)NC2CC2)cnn1-c1ccccc1. The van der Waals surface area contributed by atoms with Crippen LogP contribution >= 0.6 is 0 Å². The van der Waals surface area contributed by atoms with Gasteiger partial charge in [-0.25, -0.2) is 4.68 Å². The van der Waals surface area contributed by atoms with Gasteiger partial charge in [-0.2, -0.15) is 5.10 Å². The first-order valence-electron chi connectivity index (χ1n) is 7.89. The molecule has 0 atom stereocenters. The Kier molecular flexibility index (Phi) is 4.41. The van der Waals surface area contributed by atoms with E-state index in [9.17, 15) is 9.59 Å². The Morgan fingerprint density at radius 3 is 2.65 bits per heavy atom. The summed E-state index contributed by atoms with van der Waals surface area (Å²) in [5.41, 5.74) is 2.25. The minimum atomic E-state index is -0.269. The number of nitrogens with one attached hydrogen (secondary N) is 2. The first-order chi connectivity index (χ1) is 11.2. The van der Waals surface area contributed by atoms with Gasteiger partial charge in [0.1, 0.15) is 0 Å². The lowest BCUT2D eigenvalue weighted by molar-refractivity contribution is -0.120. The van der Waals surface area contributed by atoms with Crippen molar-refractivity contribution in [3.05, 3.63) is 47.8 Å². The van der Waals surface area contributed by atoms with Gasteiger partial charge in [0.05, 0.1) is 29.7 Å². The van der Waals surface area contributed by atoms with E-state index in [-0.39, 0.29) is 18.4 Å². The zero-order chi connectivity index (χ0) is 16.2. The molecule has 0 bridgehead atoms. The van der Waals surface area contributed by atoms with Crippen LogP contribution in [0.2, 0.25) is 0 Å². The van der Waals surface area contributed by atoms with E-state index in [4.69, 9.17) is 0 Å². The normalized spacial score (nSPS) is 13.6. The number of carbonyl (C=O) groups is 2. The average Bonchev–Trinajstić information content (AvgIpc) is 3.27. The molecule has 1 aromatic carbocycles. The molecule has 0 spiro atoms. The zero-order valence-corrected chi connectivity index (χ0v) is 13.1. The fraction of sp³-hybridized carbons (Fsp3) is 0.353. The van der Waals surface area contributed by atoms with Crippen molar-refractivity contribution < 1.29 is 9.59 Å². The van der Waals surface area contributed by atoms with Crippen molar-refractivity contribution in [3.63, 3.8) is 0 Å². The molecule has 120 valence electrons. The summed E-state index contributed by atoms with van der Waals surface area (Å²) in [6.07, 6.45) is 4.29. The van der Waals surface area contributed by atoms with E-state index < -0.39 is 0 Å². The third kappa shape index (κ3) is 3.59. The standard InChI is InChI=1S/C17H20N4O2/c1-2-15-14(10-19-21(15)13-6-4-3-5-7-13)17(23)18-11-16(22)20-12-8-9-12/h3-7,10,12H,2,8-9,11H2,1H3,(H,18,23)(H,20,22). The third-order valence-electron chi connectivity index (χ3n) is 3.80. The van der Waals surface area contributed by atoms with Gasteiger partial charge in [0.2, 0.25) is 5.91 Å². The zero-order valence-electron chi connectivity index (χ0n) is 13.1. The second kappa shape index (κ2) is 6.64. The molecule has 6 nitrogen and oxygen atoms in total. The Hall–Kier alpha value is -2.63. The summed E-state index contributed by atoms with van der Waals surface area (Å²) in [6.45, 7) is 1.97. The summed E-state index contributed by atoms with van der Waals surface area (Å²) < 4.78 is 1.76. The van der Waals surface area contributed by atoms with Gasteiger partial charge in [-0.15, -0.1) is 0 Å². The Bertz CT molecular complexity index is 705. The number of hydrogen-bond acceptors (Lipinski definition) is 3. The van der Waals surface area contributed by atoms with E-state index in [0.717, 1.165) is 24.2 Å². The summed E-state index contributed by atoms with van der Waals surface area (Å²) >= 11 is 0. The second-order valence-corrected chi connectivity index (χ2v) is 5.63. The molecule has 0 saturated heterocycles. The topological polar surface area (TPSA) is 76.0 Å². The average molecular weight is 312 g/mol. The molecule has 23 heavy (non-hydrogen) atoms. The maximum atomic E-state index is 12.3. The van der Waals surface area contributed by atoms with Crippen molar-refractivity contribution in [2.75, 3.05) is 6.54 Å². The largest absolute Gasteiger partial charge is 0.352 e. The molecule has 1 heterocycles. The van der Waals surface area contributed by atoms with Gasteiger partial charge in [-0.3, -0.25) is 9.59 Å². The fourth-order valence-corrected chi connectivity index (χ4v) is 2.46. The summed E-state index contributed by atoms with van der Waals surface area (Å²) in [6, 6.07) is 9.97. The molecule has 6 heteroatoms. The highest BCUT2D eigenvalue weighted by molar-refractivity contribution is 5.97. The van der Waals surface area contributed by atoms with Gasteiger partial charge < -0.3 is 10.6 Å². The molecule has 2 N–H and O–H groups in total. The van der Waals surface area contributed by atoms with E-state index in [1.54, 1.807) is 10.9 Å². The van der Waals surface area contributed by atoms with Crippen molar-refractivity contribution in [3.8, 4) is 5.69 Å². The number of hydrogen-bond donors (Lipinski definition) is 2. The summed E-state index contributed by atoms with van der Waals surface area (Å²) in [7, 11) is 0. The minimum Gasteiger partial charge on any atom is -0.352 e. The monoisotopic (exact) mass is 312 g/mol. The number of benzene rings is 1. The molecule has 1 saturated carbocycles. The van der Waals surface area contributed by atoms with Crippen LogP contribution < -0.4 is 10.6 Å². The van der Waals surface area contributed by atoms with Gasteiger partial charge in [-0.1, -0.05) is 25.1 Å². The Labute approximate surface area is 134 Å².